The lowest BCUT2D eigenvalue weighted by Gasteiger charge is -2.44. The molecule has 194 valence electrons. The first-order valence-electron chi connectivity index (χ1n) is 11.5. The number of aryl methyl sites for hydroxylation is 1. The first kappa shape index (κ1) is 25.4. The van der Waals surface area contributed by atoms with Crippen LogP contribution in [0, 0.1) is 16.0 Å². The zero-order chi connectivity index (χ0) is 26.6. The van der Waals surface area contributed by atoms with Gasteiger partial charge in [-0.1, -0.05) is 23.1 Å². The summed E-state index contributed by atoms with van der Waals surface area (Å²) in [4.78, 5) is 39.8. The normalized spacial score (nSPS) is 19.8. The van der Waals surface area contributed by atoms with Crippen LogP contribution in [0.3, 0.4) is 0 Å². The number of aromatic nitrogens is 2. The molecule has 37 heavy (non-hydrogen) atoms. The van der Waals surface area contributed by atoms with Gasteiger partial charge in [0.1, 0.15) is 18.9 Å². The molecule has 4 heterocycles. The molecule has 1 fully saturated rings. The van der Waals surface area contributed by atoms with E-state index in [9.17, 15) is 29.9 Å². The second kappa shape index (κ2) is 9.56. The number of carbonyl (C=O) groups excluding carboxylic acids is 2. The van der Waals surface area contributed by atoms with Gasteiger partial charge in [-0.3, -0.25) is 14.9 Å². The summed E-state index contributed by atoms with van der Waals surface area (Å²) in [5.74, 6) is -1.67. The topological polar surface area (TPSA) is 138 Å². The molecule has 3 atom stereocenters. The van der Waals surface area contributed by atoms with Gasteiger partial charge in [0.2, 0.25) is 15.8 Å². The molecule has 0 spiro atoms. The number of rotatable bonds is 8. The fourth-order valence-corrected chi connectivity index (χ4v) is 7.34. The average molecular weight is 546 g/mol. The van der Waals surface area contributed by atoms with Crippen molar-refractivity contribution in [2.24, 2.45) is 13.0 Å². The summed E-state index contributed by atoms with van der Waals surface area (Å²) in [5.41, 5.74) is 1.81. The highest BCUT2D eigenvalue weighted by atomic mass is 32.2. The van der Waals surface area contributed by atoms with E-state index in [1.807, 2.05) is 28.6 Å². The number of hydrogen-bond donors (Lipinski definition) is 2. The Morgan fingerprint density at radius 3 is 2.68 bits per heavy atom. The standard InChI is InChI=1S/C24H25N4O7S2/c1-12(30)18-16-8-15(20-17(9-29)26-11-25(2)22(36-3)23(26)37-20)19(27(16)21(18)31)24(32)35-10-13-4-6-14(7-5-13)28(33)34/h4-7,11-12,16,18,29-30H,8-10H2,1-3H3/q+1/t12-,16-,18-/m1/s1. The zero-order valence-corrected chi connectivity index (χ0v) is 21.9. The fourth-order valence-electron chi connectivity index (χ4n) is 5.09. The van der Waals surface area contributed by atoms with Crippen molar-refractivity contribution < 1.29 is 34.0 Å². The number of nitro groups is 1. The van der Waals surface area contributed by atoms with Gasteiger partial charge >= 0.3 is 5.97 Å². The predicted molar refractivity (Wildman–Crippen MR) is 134 cm³/mol. The monoisotopic (exact) mass is 545 g/mol. The van der Waals surface area contributed by atoms with Crippen LogP contribution < -0.4 is 4.57 Å². The highest BCUT2D eigenvalue weighted by Crippen LogP contribution is 2.49. The summed E-state index contributed by atoms with van der Waals surface area (Å²) in [7, 11) is 1.92. The molecule has 2 N–H and O–H groups in total. The number of thiazole rings is 1. The van der Waals surface area contributed by atoms with Crippen LogP contribution in [0.4, 0.5) is 5.69 Å². The molecule has 0 radical (unpaired) electrons. The second-order valence-corrected chi connectivity index (χ2v) is 10.8. The highest BCUT2D eigenvalue weighted by Gasteiger charge is 2.57. The highest BCUT2D eigenvalue weighted by molar-refractivity contribution is 7.98. The number of β-lactam (4-membered cyclic amide) rings is 1. The van der Waals surface area contributed by atoms with Crippen molar-refractivity contribution in [3.63, 3.8) is 0 Å². The molecule has 3 aromatic rings. The molecule has 0 bridgehead atoms. The van der Waals surface area contributed by atoms with Crippen molar-refractivity contribution >= 4 is 51.1 Å². The Labute approximate surface area is 219 Å². The Balaban J connectivity index is 1.53. The number of ether oxygens (including phenoxy) is 1. The molecule has 2 aliphatic rings. The summed E-state index contributed by atoms with van der Waals surface area (Å²) in [6.45, 7) is 1.15. The van der Waals surface area contributed by atoms with E-state index in [0.29, 0.717) is 28.1 Å². The Bertz CT molecular complexity index is 1460. The molecule has 1 amide bonds. The third-order valence-corrected chi connectivity index (χ3v) is 9.09. The SMILES string of the molecule is CSc1c2sc(C3=C(C(=O)OCc4ccc([N+](=O)[O-])cc4)N4C(=O)[C@H]([C@@H](C)O)[C@H]4C3)c(CO)n2c[n+]1C. The van der Waals surface area contributed by atoms with E-state index in [0.717, 1.165) is 9.86 Å². The number of non-ortho nitro benzene ring substituents is 1. The van der Waals surface area contributed by atoms with E-state index in [2.05, 4.69) is 0 Å². The van der Waals surface area contributed by atoms with E-state index in [1.165, 1.54) is 40.5 Å². The second-order valence-electron chi connectivity index (χ2n) is 9.02. The Morgan fingerprint density at radius 1 is 1.38 bits per heavy atom. The third kappa shape index (κ3) is 4.02. The van der Waals surface area contributed by atoms with E-state index >= 15 is 0 Å². The summed E-state index contributed by atoms with van der Waals surface area (Å²) >= 11 is 3.00. The zero-order valence-electron chi connectivity index (χ0n) is 20.3. The Kier molecular flexibility index (Phi) is 6.56. The summed E-state index contributed by atoms with van der Waals surface area (Å²) in [5, 5.41) is 32.4. The third-order valence-electron chi connectivity index (χ3n) is 6.82. The van der Waals surface area contributed by atoms with Crippen LogP contribution in [0.25, 0.3) is 10.4 Å². The molecule has 0 aliphatic carbocycles. The number of aliphatic hydroxyl groups is 2. The van der Waals surface area contributed by atoms with Crippen LogP contribution in [0.5, 0.6) is 0 Å². The molecule has 11 nitrogen and oxygen atoms in total. The summed E-state index contributed by atoms with van der Waals surface area (Å²) in [6, 6.07) is 5.29. The average Bonchev–Trinajstić information content (AvgIpc) is 3.48. The number of imidazole rings is 1. The van der Waals surface area contributed by atoms with Crippen molar-refractivity contribution in [3.05, 3.63) is 62.5 Å². The van der Waals surface area contributed by atoms with Crippen LogP contribution >= 0.6 is 23.1 Å². The van der Waals surface area contributed by atoms with Gasteiger partial charge in [0.15, 0.2) is 5.69 Å². The fraction of sp³-hybridized carbons (Fsp3) is 0.375. The molecular weight excluding hydrogens is 520 g/mol. The molecule has 2 aliphatic heterocycles. The first-order valence-corrected chi connectivity index (χ1v) is 13.5. The number of nitro benzene ring substituents is 1. The number of esters is 1. The van der Waals surface area contributed by atoms with Gasteiger partial charge < -0.3 is 19.8 Å². The maximum Gasteiger partial charge on any atom is 0.355 e. The number of benzene rings is 1. The molecular formula is C24H25N4O7S2+. The number of nitrogens with zero attached hydrogens (tertiary/aromatic N) is 4. The maximum atomic E-state index is 13.4. The smallest absolute Gasteiger partial charge is 0.355 e. The van der Waals surface area contributed by atoms with Gasteiger partial charge in [0.05, 0.1) is 34.9 Å². The van der Waals surface area contributed by atoms with Gasteiger partial charge in [-0.05, 0) is 37.3 Å². The van der Waals surface area contributed by atoms with Crippen LogP contribution in [-0.4, -0.2) is 54.7 Å². The Morgan fingerprint density at radius 2 is 2.08 bits per heavy atom. The van der Waals surface area contributed by atoms with Gasteiger partial charge in [-0.15, -0.1) is 0 Å². The van der Waals surface area contributed by atoms with Gasteiger partial charge in [0.25, 0.3) is 12.0 Å². The number of thioether (sulfide) groups is 1. The van der Waals surface area contributed by atoms with Crippen molar-refractivity contribution in [1.82, 2.24) is 9.30 Å². The molecule has 0 unspecified atom stereocenters. The van der Waals surface area contributed by atoms with Crippen LogP contribution in [0.2, 0.25) is 0 Å². The summed E-state index contributed by atoms with van der Waals surface area (Å²) < 4.78 is 9.41. The van der Waals surface area contributed by atoms with Crippen molar-refractivity contribution in [3.8, 4) is 0 Å². The number of fused-ring (bicyclic) bond motifs is 2. The molecule has 1 saturated heterocycles. The van der Waals surface area contributed by atoms with E-state index in [4.69, 9.17) is 4.74 Å². The van der Waals surface area contributed by atoms with E-state index in [-0.39, 0.29) is 36.5 Å². The number of hydrogen-bond acceptors (Lipinski definition) is 9. The van der Waals surface area contributed by atoms with Gasteiger partial charge in [-0.25, -0.2) is 9.36 Å². The first-order chi connectivity index (χ1) is 17.7. The van der Waals surface area contributed by atoms with Crippen LogP contribution in [0.15, 0.2) is 41.3 Å². The largest absolute Gasteiger partial charge is 0.456 e. The van der Waals surface area contributed by atoms with Crippen molar-refractivity contribution in [2.75, 3.05) is 6.26 Å². The van der Waals surface area contributed by atoms with Crippen LogP contribution in [-0.2, 0) is 34.6 Å². The van der Waals surface area contributed by atoms with Crippen LogP contribution in [0.1, 0.15) is 29.5 Å². The molecule has 1 aromatic carbocycles. The predicted octanol–water partition coefficient (Wildman–Crippen LogP) is 2.01. The molecule has 0 saturated carbocycles. The quantitative estimate of drug-likeness (QED) is 0.109. The number of aliphatic hydroxyl groups excluding tert-OH is 2. The number of amides is 1. The van der Waals surface area contributed by atoms with Gasteiger partial charge in [-0.2, -0.15) is 4.40 Å². The molecule has 5 rings (SSSR count). The Hall–Kier alpha value is -3.26. The lowest BCUT2D eigenvalue weighted by Crippen LogP contribution is -2.61. The van der Waals surface area contributed by atoms with Gasteiger partial charge in [0, 0.05) is 17.7 Å². The van der Waals surface area contributed by atoms with E-state index < -0.39 is 22.9 Å². The molecule has 2 aromatic heterocycles. The minimum Gasteiger partial charge on any atom is -0.456 e. The van der Waals surface area contributed by atoms with E-state index in [1.54, 1.807) is 18.7 Å². The number of carbonyl (C=O) groups is 2. The minimum atomic E-state index is -0.871. The van der Waals surface area contributed by atoms with Crippen molar-refractivity contribution in [1.29, 1.82) is 0 Å². The lowest BCUT2D eigenvalue weighted by molar-refractivity contribution is -0.705. The summed E-state index contributed by atoms with van der Waals surface area (Å²) in [6.07, 6.45) is 3.30. The van der Waals surface area contributed by atoms with Crippen molar-refractivity contribution in [2.45, 2.75) is 43.7 Å². The maximum absolute atomic E-state index is 13.4. The minimum absolute atomic E-state index is 0.0716. The lowest BCUT2D eigenvalue weighted by atomic mass is 9.83. The molecule has 13 heteroatoms.